The van der Waals surface area contributed by atoms with Crippen LogP contribution < -0.4 is 5.32 Å². The summed E-state index contributed by atoms with van der Waals surface area (Å²) in [5, 5.41) is 2.91. The number of aryl methyl sites for hydroxylation is 1. The number of nitrogens with one attached hydrogen (secondary N) is 1. The lowest BCUT2D eigenvalue weighted by atomic mass is 9.96. The van der Waals surface area contributed by atoms with Gasteiger partial charge < -0.3 is 10.2 Å². The van der Waals surface area contributed by atoms with Crippen LogP contribution in [0.5, 0.6) is 0 Å². The van der Waals surface area contributed by atoms with Crippen LogP contribution in [0.25, 0.3) is 0 Å². The molecule has 7 heteroatoms. The van der Waals surface area contributed by atoms with Crippen molar-refractivity contribution in [3.63, 3.8) is 0 Å². The molecule has 4 rings (SSSR count). The molecule has 6 nitrogen and oxygen atoms in total. The van der Waals surface area contributed by atoms with Gasteiger partial charge in [-0.2, -0.15) is 0 Å². The number of benzene rings is 2. The quantitative estimate of drug-likeness (QED) is 0.625. The van der Waals surface area contributed by atoms with Crippen molar-refractivity contribution in [1.82, 2.24) is 20.2 Å². The highest BCUT2D eigenvalue weighted by atomic mass is 19.1. The SMILES string of the molecule is Cc1nc([C@H]2CCCN(C(=O)Cc3ccc(F)cc3)C2)ncc1C(=O)NCc1ccccc1. The zero-order valence-electron chi connectivity index (χ0n) is 18.6. The van der Waals surface area contributed by atoms with Crippen molar-refractivity contribution >= 4 is 11.8 Å². The lowest BCUT2D eigenvalue weighted by molar-refractivity contribution is -0.131. The third-order valence-electron chi connectivity index (χ3n) is 5.95. The molecule has 0 radical (unpaired) electrons. The second-order valence-electron chi connectivity index (χ2n) is 8.38. The number of nitrogens with zero attached hydrogens (tertiary/aromatic N) is 3. The highest BCUT2D eigenvalue weighted by Crippen LogP contribution is 2.25. The second-order valence-corrected chi connectivity index (χ2v) is 8.38. The Morgan fingerprint density at radius 1 is 1.09 bits per heavy atom. The van der Waals surface area contributed by atoms with Gasteiger partial charge >= 0.3 is 0 Å². The van der Waals surface area contributed by atoms with Gasteiger partial charge in [0.15, 0.2) is 0 Å². The number of hydrogen-bond donors (Lipinski definition) is 1. The molecule has 33 heavy (non-hydrogen) atoms. The van der Waals surface area contributed by atoms with Crippen LogP contribution >= 0.6 is 0 Å². The highest BCUT2D eigenvalue weighted by Gasteiger charge is 2.27. The molecular formula is C26H27FN4O2. The molecule has 0 bridgehead atoms. The van der Waals surface area contributed by atoms with E-state index in [9.17, 15) is 14.0 Å². The van der Waals surface area contributed by atoms with Crippen LogP contribution in [0.1, 0.15) is 51.8 Å². The summed E-state index contributed by atoms with van der Waals surface area (Å²) in [6.07, 6.45) is 3.57. The number of carbonyl (C=O) groups is 2. The van der Waals surface area contributed by atoms with Crippen LogP contribution in [0.2, 0.25) is 0 Å². The number of likely N-dealkylation sites (tertiary alicyclic amines) is 1. The predicted octanol–water partition coefficient (Wildman–Crippen LogP) is 3.80. The van der Waals surface area contributed by atoms with Crippen molar-refractivity contribution < 1.29 is 14.0 Å². The van der Waals surface area contributed by atoms with Gasteiger partial charge in [-0.3, -0.25) is 9.59 Å². The summed E-state index contributed by atoms with van der Waals surface area (Å²) >= 11 is 0. The first kappa shape index (κ1) is 22.6. The first-order valence-electron chi connectivity index (χ1n) is 11.2. The van der Waals surface area contributed by atoms with Crippen LogP contribution in [0, 0.1) is 12.7 Å². The Morgan fingerprint density at radius 3 is 2.58 bits per heavy atom. The molecule has 1 atom stereocenters. The predicted molar refractivity (Wildman–Crippen MR) is 123 cm³/mol. The Balaban J connectivity index is 1.38. The van der Waals surface area contributed by atoms with Gasteiger partial charge in [0.05, 0.1) is 17.7 Å². The normalized spacial score (nSPS) is 15.8. The van der Waals surface area contributed by atoms with E-state index in [1.807, 2.05) is 42.2 Å². The number of halogens is 1. The van der Waals surface area contributed by atoms with E-state index in [0.29, 0.717) is 36.7 Å². The fourth-order valence-corrected chi connectivity index (χ4v) is 4.08. The van der Waals surface area contributed by atoms with Crippen LogP contribution in [0.3, 0.4) is 0 Å². The van der Waals surface area contributed by atoms with E-state index < -0.39 is 0 Å². The summed E-state index contributed by atoms with van der Waals surface area (Å²) in [7, 11) is 0. The second kappa shape index (κ2) is 10.3. The summed E-state index contributed by atoms with van der Waals surface area (Å²) in [6, 6.07) is 15.7. The fraction of sp³-hybridized carbons (Fsp3) is 0.308. The summed E-state index contributed by atoms with van der Waals surface area (Å²) < 4.78 is 13.1. The van der Waals surface area contributed by atoms with E-state index in [1.54, 1.807) is 18.3 Å². The number of amides is 2. The molecule has 0 saturated carbocycles. The molecule has 1 fully saturated rings. The van der Waals surface area contributed by atoms with Gasteiger partial charge in [0, 0.05) is 31.7 Å². The van der Waals surface area contributed by atoms with Gasteiger partial charge in [-0.1, -0.05) is 42.5 Å². The summed E-state index contributed by atoms with van der Waals surface area (Å²) in [4.78, 5) is 36.3. The Hall–Kier alpha value is -3.61. The molecule has 1 aliphatic rings. The maximum atomic E-state index is 13.1. The molecule has 2 aromatic carbocycles. The Bertz CT molecular complexity index is 1120. The van der Waals surface area contributed by atoms with Crippen LogP contribution in [-0.2, 0) is 17.8 Å². The summed E-state index contributed by atoms with van der Waals surface area (Å²) in [5.41, 5.74) is 2.89. The minimum absolute atomic E-state index is 0.0138. The minimum atomic E-state index is -0.311. The Kier molecular flexibility index (Phi) is 7.07. The minimum Gasteiger partial charge on any atom is -0.348 e. The molecule has 2 heterocycles. The van der Waals surface area contributed by atoms with Crippen molar-refractivity contribution in [2.24, 2.45) is 0 Å². The number of hydrogen-bond acceptors (Lipinski definition) is 4. The van der Waals surface area contributed by atoms with Crippen LogP contribution in [0.4, 0.5) is 4.39 Å². The summed E-state index contributed by atoms with van der Waals surface area (Å²) in [6.45, 7) is 3.48. The largest absolute Gasteiger partial charge is 0.348 e. The van der Waals surface area contributed by atoms with Crippen LogP contribution in [-0.4, -0.2) is 39.8 Å². The van der Waals surface area contributed by atoms with Crippen molar-refractivity contribution in [3.8, 4) is 0 Å². The molecular weight excluding hydrogens is 419 g/mol. The maximum absolute atomic E-state index is 13.1. The van der Waals surface area contributed by atoms with Crippen LogP contribution in [0.15, 0.2) is 60.8 Å². The first-order chi connectivity index (χ1) is 16.0. The van der Waals surface area contributed by atoms with Gasteiger partial charge in [-0.25, -0.2) is 14.4 Å². The van der Waals surface area contributed by atoms with Crippen molar-refractivity contribution in [2.75, 3.05) is 13.1 Å². The number of carbonyl (C=O) groups excluding carboxylic acids is 2. The van der Waals surface area contributed by atoms with Gasteiger partial charge in [-0.05, 0) is 43.0 Å². The average Bonchev–Trinajstić information content (AvgIpc) is 2.84. The first-order valence-corrected chi connectivity index (χ1v) is 11.2. The molecule has 1 saturated heterocycles. The topological polar surface area (TPSA) is 75.2 Å². The average molecular weight is 447 g/mol. The van der Waals surface area contributed by atoms with Crippen molar-refractivity contribution in [1.29, 1.82) is 0 Å². The number of aromatic nitrogens is 2. The van der Waals surface area contributed by atoms with E-state index in [1.165, 1.54) is 12.1 Å². The summed E-state index contributed by atoms with van der Waals surface area (Å²) in [5.74, 6) is 0.180. The lowest BCUT2D eigenvalue weighted by Gasteiger charge is -2.32. The molecule has 1 aromatic heterocycles. The monoisotopic (exact) mass is 446 g/mol. The van der Waals surface area contributed by atoms with E-state index in [2.05, 4.69) is 15.3 Å². The highest BCUT2D eigenvalue weighted by molar-refractivity contribution is 5.94. The molecule has 170 valence electrons. The van der Waals surface area contributed by atoms with Gasteiger partial charge in [0.2, 0.25) is 5.91 Å². The smallest absolute Gasteiger partial charge is 0.254 e. The Morgan fingerprint density at radius 2 is 1.85 bits per heavy atom. The number of piperidine rings is 1. The molecule has 1 N–H and O–H groups in total. The number of rotatable bonds is 6. The van der Waals surface area contributed by atoms with Gasteiger partial charge in [0.1, 0.15) is 11.6 Å². The van der Waals surface area contributed by atoms with E-state index in [0.717, 1.165) is 24.0 Å². The lowest BCUT2D eigenvalue weighted by Crippen LogP contribution is -2.40. The maximum Gasteiger partial charge on any atom is 0.254 e. The van der Waals surface area contributed by atoms with E-state index in [-0.39, 0.29) is 30.0 Å². The van der Waals surface area contributed by atoms with E-state index >= 15 is 0 Å². The van der Waals surface area contributed by atoms with Crippen molar-refractivity contribution in [2.45, 2.75) is 38.6 Å². The zero-order chi connectivity index (χ0) is 23.2. The third kappa shape index (κ3) is 5.80. The standard InChI is InChI=1S/C26H27FN4O2/c1-18-23(26(33)29-15-20-6-3-2-4-7-20)16-28-25(30-18)21-8-5-13-31(17-21)24(32)14-19-9-11-22(27)12-10-19/h2-4,6-7,9-12,16,21H,5,8,13-15,17H2,1H3,(H,29,33)/t21-/m0/s1. The van der Waals surface area contributed by atoms with E-state index in [4.69, 9.17) is 0 Å². The van der Waals surface area contributed by atoms with Gasteiger partial charge in [-0.15, -0.1) is 0 Å². The third-order valence-corrected chi connectivity index (χ3v) is 5.95. The molecule has 2 amide bonds. The fourth-order valence-electron chi connectivity index (χ4n) is 4.08. The Labute approximate surface area is 192 Å². The molecule has 0 unspecified atom stereocenters. The van der Waals surface area contributed by atoms with Crippen molar-refractivity contribution in [3.05, 3.63) is 94.8 Å². The molecule has 0 aliphatic carbocycles. The molecule has 3 aromatic rings. The molecule has 1 aliphatic heterocycles. The zero-order valence-corrected chi connectivity index (χ0v) is 18.6. The molecule has 0 spiro atoms. The van der Waals surface area contributed by atoms with Gasteiger partial charge in [0.25, 0.3) is 5.91 Å².